The standard InChI is InChI=1S/C12H14ClFN2/c13-8-4-11-12(5-9(8)14)16-10-3-1-2-7(10)6-15-11/h4-5,7,10,15-16H,1-3,6H2. The Morgan fingerprint density at radius 3 is 3.00 bits per heavy atom. The molecule has 0 spiro atoms. The summed E-state index contributed by atoms with van der Waals surface area (Å²) in [6.07, 6.45) is 3.68. The summed E-state index contributed by atoms with van der Waals surface area (Å²) in [6, 6.07) is 3.64. The van der Waals surface area contributed by atoms with Gasteiger partial charge in [0.15, 0.2) is 0 Å². The van der Waals surface area contributed by atoms with E-state index >= 15 is 0 Å². The average Bonchev–Trinajstić information content (AvgIpc) is 2.63. The van der Waals surface area contributed by atoms with Crippen molar-refractivity contribution >= 4 is 23.0 Å². The van der Waals surface area contributed by atoms with Crippen molar-refractivity contribution in [2.45, 2.75) is 25.3 Å². The van der Waals surface area contributed by atoms with Crippen molar-refractivity contribution in [3.05, 3.63) is 23.0 Å². The van der Waals surface area contributed by atoms with E-state index in [4.69, 9.17) is 11.6 Å². The van der Waals surface area contributed by atoms with E-state index in [1.54, 1.807) is 6.07 Å². The molecule has 2 nitrogen and oxygen atoms in total. The highest BCUT2D eigenvalue weighted by Gasteiger charge is 2.30. The second-order valence-electron chi connectivity index (χ2n) is 4.63. The molecule has 0 saturated heterocycles. The lowest BCUT2D eigenvalue weighted by Gasteiger charge is -2.17. The van der Waals surface area contributed by atoms with Gasteiger partial charge in [-0.25, -0.2) is 4.39 Å². The molecule has 1 aliphatic carbocycles. The van der Waals surface area contributed by atoms with Gasteiger partial charge in [0, 0.05) is 18.7 Å². The fourth-order valence-electron chi connectivity index (χ4n) is 2.72. The highest BCUT2D eigenvalue weighted by Crippen LogP contribution is 2.36. The SMILES string of the molecule is Fc1cc2c(cc1Cl)NCC1CCCC1N2. The lowest BCUT2D eigenvalue weighted by molar-refractivity contribution is 0.537. The molecule has 0 aromatic heterocycles. The summed E-state index contributed by atoms with van der Waals surface area (Å²) < 4.78 is 13.4. The van der Waals surface area contributed by atoms with Crippen molar-refractivity contribution in [3.8, 4) is 0 Å². The number of fused-ring (bicyclic) bond motifs is 2. The summed E-state index contributed by atoms with van der Waals surface area (Å²) in [5.41, 5.74) is 1.76. The van der Waals surface area contributed by atoms with Crippen molar-refractivity contribution < 1.29 is 4.39 Å². The van der Waals surface area contributed by atoms with E-state index in [-0.39, 0.29) is 10.8 Å². The Labute approximate surface area is 99.2 Å². The second-order valence-corrected chi connectivity index (χ2v) is 5.04. The van der Waals surface area contributed by atoms with Crippen LogP contribution >= 0.6 is 11.6 Å². The molecule has 1 aliphatic heterocycles. The Kier molecular flexibility index (Phi) is 2.43. The van der Waals surface area contributed by atoms with Gasteiger partial charge in [-0.05, 0) is 24.8 Å². The fraction of sp³-hybridized carbons (Fsp3) is 0.500. The molecule has 2 aliphatic rings. The molecule has 4 heteroatoms. The Balaban J connectivity index is 1.97. The summed E-state index contributed by atoms with van der Waals surface area (Å²) >= 11 is 5.78. The number of nitrogens with one attached hydrogen (secondary N) is 2. The summed E-state index contributed by atoms with van der Waals surface area (Å²) in [7, 11) is 0. The van der Waals surface area contributed by atoms with Gasteiger partial charge in [0.25, 0.3) is 0 Å². The molecule has 0 radical (unpaired) electrons. The zero-order valence-electron chi connectivity index (χ0n) is 8.89. The van der Waals surface area contributed by atoms with Gasteiger partial charge in [-0.2, -0.15) is 0 Å². The van der Waals surface area contributed by atoms with Crippen molar-refractivity contribution in [2.24, 2.45) is 5.92 Å². The molecule has 1 aromatic rings. The molecule has 3 rings (SSSR count). The number of rotatable bonds is 0. The van der Waals surface area contributed by atoms with E-state index in [1.165, 1.54) is 25.3 Å². The predicted molar refractivity (Wildman–Crippen MR) is 64.7 cm³/mol. The van der Waals surface area contributed by atoms with Crippen LogP contribution in [0.3, 0.4) is 0 Å². The van der Waals surface area contributed by atoms with Gasteiger partial charge in [0.2, 0.25) is 0 Å². The molecule has 2 N–H and O–H groups in total. The highest BCUT2D eigenvalue weighted by molar-refractivity contribution is 6.31. The van der Waals surface area contributed by atoms with Crippen LogP contribution in [0.25, 0.3) is 0 Å². The largest absolute Gasteiger partial charge is 0.383 e. The second kappa shape index (κ2) is 3.81. The number of hydrogen-bond donors (Lipinski definition) is 2. The van der Waals surface area contributed by atoms with Crippen LogP contribution in [0.4, 0.5) is 15.8 Å². The first-order valence-corrected chi connectivity index (χ1v) is 6.11. The topological polar surface area (TPSA) is 24.1 Å². The van der Waals surface area contributed by atoms with Crippen molar-refractivity contribution in [3.63, 3.8) is 0 Å². The van der Waals surface area contributed by atoms with Gasteiger partial charge in [-0.15, -0.1) is 0 Å². The summed E-state index contributed by atoms with van der Waals surface area (Å²) in [5, 5.41) is 6.96. The molecule has 16 heavy (non-hydrogen) atoms. The molecule has 0 amide bonds. The van der Waals surface area contributed by atoms with Gasteiger partial charge < -0.3 is 10.6 Å². The molecule has 2 atom stereocenters. The number of halogens is 2. The van der Waals surface area contributed by atoms with Crippen LogP contribution in [-0.2, 0) is 0 Å². The smallest absolute Gasteiger partial charge is 0.143 e. The van der Waals surface area contributed by atoms with Gasteiger partial charge in [-0.3, -0.25) is 0 Å². The maximum atomic E-state index is 13.4. The lowest BCUT2D eigenvalue weighted by Crippen LogP contribution is -2.25. The number of hydrogen-bond acceptors (Lipinski definition) is 2. The van der Waals surface area contributed by atoms with Crippen LogP contribution in [0, 0.1) is 11.7 Å². The fourth-order valence-corrected chi connectivity index (χ4v) is 2.89. The minimum absolute atomic E-state index is 0.181. The molecular formula is C12H14ClFN2. The van der Waals surface area contributed by atoms with Crippen molar-refractivity contribution in [1.29, 1.82) is 0 Å². The Morgan fingerprint density at radius 1 is 1.25 bits per heavy atom. The van der Waals surface area contributed by atoms with E-state index < -0.39 is 0 Å². The van der Waals surface area contributed by atoms with E-state index in [2.05, 4.69) is 10.6 Å². The van der Waals surface area contributed by atoms with E-state index in [0.717, 1.165) is 17.9 Å². The third-order valence-electron chi connectivity index (χ3n) is 3.62. The summed E-state index contributed by atoms with van der Waals surface area (Å²) in [4.78, 5) is 0. The first-order valence-electron chi connectivity index (χ1n) is 5.73. The highest BCUT2D eigenvalue weighted by atomic mass is 35.5. The Hall–Kier alpha value is -0.960. The first kappa shape index (κ1) is 10.2. The zero-order chi connectivity index (χ0) is 11.1. The van der Waals surface area contributed by atoms with Crippen molar-refractivity contribution in [1.82, 2.24) is 0 Å². The predicted octanol–water partition coefficient (Wildman–Crippen LogP) is 3.49. The van der Waals surface area contributed by atoms with Gasteiger partial charge in [0.05, 0.1) is 16.4 Å². The van der Waals surface area contributed by atoms with Crippen molar-refractivity contribution in [2.75, 3.05) is 17.2 Å². The van der Waals surface area contributed by atoms with Crippen LogP contribution in [0.5, 0.6) is 0 Å². The average molecular weight is 241 g/mol. The van der Waals surface area contributed by atoms with Gasteiger partial charge in [0.1, 0.15) is 5.82 Å². The molecule has 1 fully saturated rings. The van der Waals surface area contributed by atoms with Crippen LogP contribution in [0.1, 0.15) is 19.3 Å². The molecule has 1 aromatic carbocycles. The molecular weight excluding hydrogens is 227 g/mol. The van der Waals surface area contributed by atoms with E-state index in [1.807, 2.05) is 0 Å². The van der Waals surface area contributed by atoms with Gasteiger partial charge in [-0.1, -0.05) is 18.0 Å². The van der Waals surface area contributed by atoms with E-state index in [9.17, 15) is 4.39 Å². The van der Waals surface area contributed by atoms with Crippen LogP contribution in [0.2, 0.25) is 5.02 Å². The Bertz CT molecular complexity index is 422. The maximum absolute atomic E-state index is 13.4. The van der Waals surface area contributed by atoms with Crippen LogP contribution in [-0.4, -0.2) is 12.6 Å². The molecule has 86 valence electrons. The third kappa shape index (κ3) is 1.63. The van der Waals surface area contributed by atoms with Crippen LogP contribution in [0.15, 0.2) is 12.1 Å². The molecule has 1 saturated carbocycles. The minimum atomic E-state index is -0.355. The van der Waals surface area contributed by atoms with E-state index in [0.29, 0.717) is 12.0 Å². The van der Waals surface area contributed by atoms with Gasteiger partial charge >= 0.3 is 0 Å². The quantitative estimate of drug-likeness (QED) is 0.726. The third-order valence-corrected chi connectivity index (χ3v) is 3.90. The lowest BCUT2D eigenvalue weighted by atomic mass is 10.0. The zero-order valence-corrected chi connectivity index (χ0v) is 9.65. The van der Waals surface area contributed by atoms with Crippen LogP contribution < -0.4 is 10.6 Å². The monoisotopic (exact) mass is 240 g/mol. The summed E-state index contributed by atoms with van der Waals surface area (Å²) in [5.74, 6) is 0.292. The Morgan fingerprint density at radius 2 is 2.12 bits per heavy atom. The summed E-state index contributed by atoms with van der Waals surface area (Å²) in [6.45, 7) is 0.951. The normalized spacial score (nSPS) is 27.4. The molecule has 0 bridgehead atoms. The number of anilines is 2. The maximum Gasteiger partial charge on any atom is 0.143 e. The minimum Gasteiger partial charge on any atom is -0.383 e. The molecule has 1 heterocycles. The first-order chi connectivity index (χ1) is 7.74. The number of benzene rings is 1. The molecule has 2 unspecified atom stereocenters.